The number of β-amino-alcohol motifs (C(OH)–C–C–N with tert-alkyl or cyclic N) is 1. The van der Waals surface area contributed by atoms with Gasteiger partial charge in [-0.3, -0.25) is 0 Å². The second-order valence-electron chi connectivity index (χ2n) is 3.66. The van der Waals surface area contributed by atoms with E-state index in [9.17, 15) is 5.11 Å². The van der Waals surface area contributed by atoms with E-state index in [0.717, 1.165) is 19.5 Å². The molecule has 1 saturated heterocycles. The normalized spacial score (nSPS) is 41.7. The van der Waals surface area contributed by atoms with Crippen molar-refractivity contribution in [3.8, 4) is 0 Å². The third-order valence-electron chi connectivity index (χ3n) is 3.03. The van der Waals surface area contributed by atoms with Crippen molar-refractivity contribution in [3.63, 3.8) is 0 Å². The molecule has 1 aliphatic carbocycles. The average molecular weight is 141 g/mol. The first-order valence-electron chi connectivity index (χ1n) is 4.24. The maximum absolute atomic E-state index is 9.95. The first-order valence-corrected chi connectivity index (χ1v) is 4.24. The standard InChI is InChI=1S/C8H15NO/c10-8(4-5-9-6-8)7-2-1-3-7/h7,9-10H,1-6H2. The second kappa shape index (κ2) is 2.21. The van der Waals surface area contributed by atoms with Crippen LogP contribution in [0.4, 0.5) is 0 Å². The van der Waals surface area contributed by atoms with E-state index >= 15 is 0 Å². The first-order chi connectivity index (χ1) is 4.81. The van der Waals surface area contributed by atoms with Crippen molar-refractivity contribution in [1.29, 1.82) is 0 Å². The van der Waals surface area contributed by atoms with Gasteiger partial charge in [0.25, 0.3) is 0 Å². The van der Waals surface area contributed by atoms with Crippen LogP contribution in [-0.2, 0) is 0 Å². The quantitative estimate of drug-likeness (QED) is 0.557. The topological polar surface area (TPSA) is 32.3 Å². The minimum absolute atomic E-state index is 0.321. The first kappa shape index (κ1) is 6.62. The van der Waals surface area contributed by atoms with E-state index in [1.807, 2.05) is 0 Å². The van der Waals surface area contributed by atoms with E-state index in [-0.39, 0.29) is 5.60 Å². The van der Waals surface area contributed by atoms with Crippen LogP contribution in [0.5, 0.6) is 0 Å². The van der Waals surface area contributed by atoms with Crippen molar-refractivity contribution >= 4 is 0 Å². The number of nitrogens with one attached hydrogen (secondary N) is 1. The summed E-state index contributed by atoms with van der Waals surface area (Å²) >= 11 is 0. The smallest absolute Gasteiger partial charge is 0.0811 e. The highest BCUT2D eigenvalue weighted by Crippen LogP contribution is 2.39. The van der Waals surface area contributed by atoms with E-state index in [1.54, 1.807) is 0 Å². The van der Waals surface area contributed by atoms with Gasteiger partial charge in [-0.15, -0.1) is 0 Å². The van der Waals surface area contributed by atoms with Crippen LogP contribution >= 0.6 is 0 Å². The maximum Gasteiger partial charge on any atom is 0.0811 e. The Labute approximate surface area is 61.6 Å². The lowest BCUT2D eigenvalue weighted by Gasteiger charge is -2.38. The van der Waals surface area contributed by atoms with Crippen LogP contribution in [0.3, 0.4) is 0 Å². The summed E-state index contributed by atoms with van der Waals surface area (Å²) in [4.78, 5) is 0. The van der Waals surface area contributed by atoms with Gasteiger partial charge in [-0.05, 0) is 31.7 Å². The SMILES string of the molecule is OC1(C2CCC2)CCNC1. The van der Waals surface area contributed by atoms with Crippen molar-refractivity contribution in [2.24, 2.45) is 5.92 Å². The average Bonchev–Trinajstić information content (AvgIpc) is 2.09. The van der Waals surface area contributed by atoms with Crippen LogP contribution in [0.25, 0.3) is 0 Å². The van der Waals surface area contributed by atoms with Crippen molar-refractivity contribution in [2.45, 2.75) is 31.3 Å². The van der Waals surface area contributed by atoms with Gasteiger partial charge in [-0.25, -0.2) is 0 Å². The molecular weight excluding hydrogens is 126 g/mol. The van der Waals surface area contributed by atoms with Crippen molar-refractivity contribution in [2.75, 3.05) is 13.1 Å². The Morgan fingerprint density at radius 3 is 2.60 bits per heavy atom. The molecule has 1 heterocycles. The molecule has 2 nitrogen and oxygen atoms in total. The highest BCUT2D eigenvalue weighted by molar-refractivity contribution is 4.96. The Bertz CT molecular complexity index is 125. The highest BCUT2D eigenvalue weighted by Gasteiger charge is 2.41. The van der Waals surface area contributed by atoms with Crippen molar-refractivity contribution < 1.29 is 5.11 Å². The lowest BCUT2D eigenvalue weighted by atomic mass is 9.72. The van der Waals surface area contributed by atoms with E-state index in [1.165, 1.54) is 19.3 Å². The van der Waals surface area contributed by atoms with Crippen LogP contribution in [0.2, 0.25) is 0 Å². The van der Waals surface area contributed by atoms with Crippen LogP contribution in [-0.4, -0.2) is 23.8 Å². The Kier molecular flexibility index (Phi) is 1.46. The predicted molar refractivity (Wildman–Crippen MR) is 39.8 cm³/mol. The summed E-state index contributed by atoms with van der Waals surface area (Å²) in [6.07, 6.45) is 4.79. The molecule has 2 rings (SSSR count). The summed E-state index contributed by atoms with van der Waals surface area (Å²) in [5.41, 5.74) is -0.321. The highest BCUT2D eigenvalue weighted by atomic mass is 16.3. The molecule has 0 bridgehead atoms. The Morgan fingerprint density at radius 1 is 1.40 bits per heavy atom. The molecule has 1 aliphatic heterocycles. The molecule has 10 heavy (non-hydrogen) atoms. The van der Waals surface area contributed by atoms with E-state index in [2.05, 4.69) is 5.32 Å². The summed E-state index contributed by atoms with van der Waals surface area (Å²) in [7, 11) is 0. The summed E-state index contributed by atoms with van der Waals surface area (Å²) in [6, 6.07) is 0. The third kappa shape index (κ3) is 0.867. The van der Waals surface area contributed by atoms with E-state index in [4.69, 9.17) is 0 Å². The lowest BCUT2D eigenvalue weighted by molar-refractivity contribution is -0.0329. The lowest BCUT2D eigenvalue weighted by Crippen LogP contribution is -2.43. The van der Waals surface area contributed by atoms with E-state index in [0.29, 0.717) is 5.92 Å². The molecule has 2 fully saturated rings. The third-order valence-corrected chi connectivity index (χ3v) is 3.03. The van der Waals surface area contributed by atoms with Crippen LogP contribution in [0.15, 0.2) is 0 Å². The van der Waals surface area contributed by atoms with Gasteiger partial charge in [0.1, 0.15) is 0 Å². The number of hydrogen-bond acceptors (Lipinski definition) is 2. The molecule has 0 aromatic rings. The summed E-state index contributed by atoms with van der Waals surface area (Å²) < 4.78 is 0. The summed E-state index contributed by atoms with van der Waals surface area (Å²) in [5, 5.41) is 13.2. The van der Waals surface area contributed by atoms with Crippen LogP contribution < -0.4 is 5.32 Å². The fourth-order valence-corrected chi connectivity index (χ4v) is 1.99. The fraction of sp³-hybridized carbons (Fsp3) is 1.00. The van der Waals surface area contributed by atoms with Gasteiger partial charge >= 0.3 is 0 Å². The van der Waals surface area contributed by atoms with Gasteiger partial charge in [0.2, 0.25) is 0 Å². The molecule has 0 aromatic heterocycles. The molecule has 0 radical (unpaired) electrons. The molecule has 2 heteroatoms. The zero-order chi connectivity index (χ0) is 7.03. The molecule has 0 amide bonds. The minimum atomic E-state index is -0.321. The summed E-state index contributed by atoms with van der Waals surface area (Å²) in [5.74, 6) is 0.613. The molecule has 1 atom stereocenters. The Morgan fingerprint density at radius 2 is 2.20 bits per heavy atom. The van der Waals surface area contributed by atoms with Crippen molar-refractivity contribution in [1.82, 2.24) is 5.32 Å². The molecule has 1 unspecified atom stereocenters. The largest absolute Gasteiger partial charge is 0.388 e. The number of aliphatic hydroxyl groups is 1. The molecule has 2 N–H and O–H groups in total. The molecule has 58 valence electrons. The van der Waals surface area contributed by atoms with Gasteiger partial charge in [-0.1, -0.05) is 6.42 Å². The van der Waals surface area contributed by atoms with Crippen molar-refractivity contribution in [3.05, 3.63) is 0 Å². The zero-order valence-corrected chi connectivity index (χ0v) is 6.27. The molecular formula is C8H15NO. The van der Waals surface area contributed by atoms with Gasteiger partial charge in [0, 0.05) is 6.54 Å². The predicted octanol–water partition coefficient (Wildman–Crippen LogP) is 0.511. The molecule has 0 aromatic carbocycles. The fourth-order valence-electron chi connectivity index (χ4n) is 1.99. The van der Waals surface area contributed by atoms with Gasteiger partial charge in [0.05, 0.1) is 5.60 Å². The van der Waals surface area contributed by atoms with Gasteiger partial charge in [-0.2, -0.15) is 0 Å². The monoisotopic (exact) mass is 141 g/mol. The number of rotatable bonds is 1. The van der Waals surface area contributed by atoms with Crippen LogP contribution in [0.1, 0.15) is 25.7 Å². The molecule has 0 spiro atoms. The maximum atomic E-state index is 9.95. The molecule has 2 aliphatic rings. The number of hydrogen-bond donors (Lipinski definition) is 2. The molecule has 1 saturated carbocycles. The second-order valence-corrected chi connectivity index (χ2v) is 3.66. The van der Waals surface area contributed by atoms with E-state index < -0.39 is 0 Å². The Balaban J connectivity index is 1.98. The summed E-state index contributed by atoms with van der Waals surface area (Å²) in [6.45, 7) is 1.84. The van der Waals surface area contributed by atoms with Gasteiger partial charge < -0.3 is 10.4 Å². The van der Waals surface area contributed by atoms with Gasteiger partial charge in [0.15, 0.2) is 0 Å². The minimum Gasteiger partial charge on any atom is -0.388 e. The van der Waals surface area contributed by atoms with Crippen LogP contribution in [0, 0.1) is 5.92 Å². The zero-order valence-electron chi connectivity index (χ0n) is 6.27. The Hall–Kier alpha value is -0.0800.